The molecule has 0 aliphatic heterocycles. The van der Waals surface area contributed by atoms with E-state index in [1.54, 1.807) is 24.3 Å². The normalized spacial score (nSPS) is 14.9. The van der Waals surface area contributed by atoms with Crippen molar-refractivity contribution in [1.82, 2.24) is 0 Å². The molecule has 1 aromatic carbocycles. The lowest BCUT2D eigenvalue weighted by atomic mass is 10.0. The Morgan fingerprint density at radius 2 is 1.27 bits per heavy atom. The van der Waals surface area contributed by atoms with Gasteiger partial charge in [-0.1, -0.05) is 103 Å². The van der Waals surface area contributed by atoms with Crippen LogP contribution >= 0.6 is 7.60 Å². The largest absolute Gasteiger partial charge is 0.359 e. The number of hydrogen-bond donors (Lipinski definition) is 1. The van der Waals surface area contributed by atoms with Gasteiger partial charge in [0.15, 0.2) is 0 Å². The summed E-state index contributed by atoms with van der Waals surface area (Å²) in [5.74, 6) is 0. The van der Waals surface area contributed by atoms with E-state index in [9.17, 15) is 9.46 Å². The highest BCUT2D eigenvalue weighted by Gasteiger charge is 2.26. The van der Waals surface area contributed by atoms with E-state index < -0.39 is 7.60 Å². The van der Waals surface area contributed by atoms with Crippen molar-refractivity contribution in [3.05, 3.63) is 30.3 Å². The van der Waals surface area contributed by atoms with Crippen molar-refractivity contribution in [3.8, 4) is 0 Å². The van der Waals surface area contributed by atoms with E-state index in [-0.39, 0.29) is 6.10 Å². The van der Waals surface area contributed by atoms with E-state index in [1.807, 2.05) is 6.07 Å². The van der Waals surface area contributed by atoms with Crippen molar-refractivity contribution >= 4 is 12.9 Å². The molecule has 0 spiro atoms. The average Bonchev–Trinajstić information content (AvgIpc) is 2.64. The van der Waals surface area contributed by atoms with Crippen molar-refractivity contribution < 1.29 is 14.0 Å². The lowest BCUT2D eigenvalue weighted by Gasteiger charge is -2.21. The van der Waals surface area contributed by atoms with Crippen LogP contribution in [0, 0.1) is 0 Å². The fourth-order valence-electron chi connectivity index (χ4n) is 3.26. The molecule has 0 radical (unpaired) electrons. The lowest BCUT2D eigenvalue weighted by Crippen LogP contribution is -2.16. The van der Waals surface area contributed by atoms with Gasteiger partial charge < -0.3 is 9.42 Å². The maximum Gasteiger partial charge on any atom is 0.359 e. The zero-order chi connectivity index (χ0) is 19.1. The van der Waals surface area contributed by atoms with Gasteiger partial charge in [-0.05, 0) is 25.0 Å². The lowest BCUT2D eigenvalue weighted by molar-refractivity contribution is 0.155. The van der Waals surface area contributed by atoms with Crippen LogP contribution in [-0.2, 0) is 9.09 Å². The van der Waals surface area contributed by atoms with Gasteiger partial charge in [0.05, 0.1) is 11.4 Å². The van der Waals surface area contributed by atoms with Crippen LogP contribution < -0.4 is 5.30 Å². The molecular formula is C22H39O3P. The van der Waals surface area contributed by atoms with Crippen LogP contribution in [0.4, 0.5) is 0 Å². The molecule has 0 heterocycles. The van der Waals surface area contributed by atoms with Crippen molar-refractivity contribution in [2.45, 2.75) is 103 Å². The van der Waals surface area contributed by atoms with Crippen molar-refractivity contribution in [2.24, 2.45) is 0 Å². The average molecular weight is 383 g/mol. The highest BCUT2D eigenvalue weighted by Crippen LogP contribution is 2.43. The van der Waals surface area contributed by atoms with E-state index >= 15 is 0 Å². The molecule has 2 atom stereocenters. The summed E-state index contributed by atoms with van der Waals surface area (Å²) in [7, 11) is -3.73. The Labute approximate surface area is 161 Å². The Hall–Kier alpha value is -0.630. The number of rotatable bonds is 16. The van der Waals surface area contributed by atoms with Crippen molar-refractivity contribution in [1.29, 1.82) is 0 Å². The molecule has 0 amide bonds. The maximum atomic E-state index is 12.7. The first-order valence-corrected chi connectivity index (χ1v) is 12.2. The topological polar surface area (TPSA) is 46.5 Å². The van der Waals surface area contributed by atoms with Gasteiger partial charge >= 0.3 is 7.60 Å². The second-order valence-corrected chi connectivity index (χ2v) is 9.11. The second-order valence-electron chi connectivity index (χ2n) is 7.34. The SMILES string of the molecule is CCCCCCCCC(CCCCCCC)OP(=O)(O)c1ccccc1. The van der Waals surface area contributed by atoms with Crippen LogP contribution in [0.1, 0.15) is 97.3 Å². The fraction of sp³-hybridized carbons (Fsp3) is 0.727. The van der Waals surface area contributed by atoms with Crippen molar-refractivity contribution in [3.63, 3.8) is 0 Å². The maximum absolute atomic E-state index is 12.7. The highest BCUT2D eigenvalue weighted by atomic mass is 31.2. The van der Waals surface area contributed by atoms with Gasteiger partial charge in [-0.3, -0.25) is 4.57 Å². The molecule has 1 aromatic rings. The van der Waals surface area contributed by atoms with Gasteiger partial charge in [-0.25, -0.2) is 0 Å². The Morgan fingerprint density at radius 1 is 0.808 bits per heavy atom. The van der Waals surface area contributed by atoms with E-state index in [1.165, 1.54) is 57.8 Å². The molecule has 1 N–H and O–H groups in total. The molecule has 150 valence electrons. The minimum absolute atomic E-state index is 0.112. The number of unbranched alkanes of at least 4 members (excludes halogenated alkanes) is 9. The van der Waals surface area contributed by atoms with E-state index in [0.717, 1.165) is 25.7 Å². The molecule has 4 heteroatoms. The Morgan fingerprint density at radius 3 is 1.77 bits per heavy atom. The zero-order valence-corrected chi connectivity index (χ0v) is 17.8. The van der Waals surface area contributed by atoms with Gasteiger partial charge in [0.1, 0.15) is 0 Å². The molecule has 0 saturated carbocycles. The summed E-state index contributed by atoms with van der Waals surface area (Å²) in [5, 5.41) is 0.402. The molecule has 26 heavy (non-hydrogen) atoms. The van der Waals surface area contributed by atoms with Gasteiger partial charge in [0, 0.05) is 0 Å². The first-order chi connectivity index (χ1) is 12.6. The molecule has 0 aliphatic carbocycles. The molecular weight excluding hydrogens is 343 g/mol. The standard InChI is InChI=1S/C22H39O3P/c1-3-5-7-9-11-14-18-21(17-13-10-8-6-4-2)25-26(23,24)22-19-15-12-16-20-22/h12,15-16,19-21H,3-11,13-14,17-18H2,1-2H3,(H,23,24). The third kappa shape index (κ3) is 10.5. The first kappa shape index (κ1) is 23.4. The van der Waals surface area contributed by atoms with E-state index in [2.05, 4.69) is 13.8 Å². The van der Waals surface area contributed by atoms with Crippen LogP contribution in [0.15, 0.2) is 30.3 Å². The van der Waals surface area contributed by atoms with Crippen LogP contribution in [0.2, 0.25) is 0 Å². The van der Waals surface area contributed by atoms with Crippen LogP contribution in [0.25, 0.3) is 0 Å². The molecule has 0 aliphatic rings. The summed E-state index contributed by atoms with van der Waals surface area (Å²) in [6.45, 7) is 4.44. The predicted molar refractivity (Wildman–Crippen MR) is 112 cm³/mol. The second kappa shape index (κ2) is 14.4. The third-order valence-corrected chi connectivity index (χ3v) is 6.42. The van der Waals surface area contributed by atoms with Gasteiger partial charge in [0.25, 0.3) is 0 Å². The minimum atomic E-state index is -3.73. The summed E-state index contributed by atoms with van der Waals surface area (Å²) < 4.78 is 18.4. The summed E-state index contributed by atoms with van der Waals surface area (Å²) in [5.41, 5.74) is 0. The summed E-state index contributed by atoms with van der Waals surface area (Å²) in [4.78, 5) is 10.4. The molecule has 1 rings (SSSR count). The third-order valence-electron chi connectivity index (χ3n) is 4.88. The Kier molecular flexibility index (Phi) is 13.0. The summed E-state index contributed by atoms with van der Waals surface area (Å²) in [6, 6.07) is 8.79. The highest BCUT2D eigenvalue weighted by molar-refractivity contribution is 7.61. The fourth-order valence-corrected chi connectivity index (χ4v) is 4.54. The molecule has 2 unspecified atom stereocenters. The zero-order valence-electron chi connectivity index (χ0n) is 16.9. The predicted octanol–water partition coefficient (Wildman–Crippen LogP) is 6.99. The molecule has 0 aromatic heterocycles. The molecule has 3 nitrogen and oxygen atoms in total. The summed E-state index contributed by atoms with van der Waals surface area (Å²) >= 11 is 0. The monoisotopic (exact) mass is 382 g/mol. The van der Waals surface area contributed by atoms with Crippen LogP contribution in [0.5, 0.6) is 0 Å². The Bertz CT molecular complexity index is 489. The summed E-state index contributed by atoms with van der Waals surface area (Å²) in [6.07, 6.45) is 15.1. The van der Waals surface area contributed by atoms with Gasteiger partial charge in [-0.15, -0.1) is 0 Å². The van der Waals surface area contributed by atoms with Crippen molar-refractivity contribution in [2.75, 3.05) is 0 Å². The number of hydrogen-bond acceptors (Lipinski definition) is 2. The van der Waals surface area contributed by atoms with E-state index in [0.29, 0.717) is 5.30 Å². The minimum Gasteiger partial charge on any atom is -0.321 e. The quantitative estimate of drug-likeness (QED) is 0.247. The van der Waals surface area contributed by atoms with Crippen LogP contribution in [-0.4, -0.2) is 11.0 Å². The van der Waals surface area contributed by atoms with Gasteiger partial charge in [0.2, 0.25) is 0 Å². The van der Waals surface area contributed by atoms with Gasteiger partial charge in [-0.2, -0.15) is 0 Å². The molecule has 0 bridgehead atoms. The van der Waals surface area contributed by atoms with Crippen LogP contribution in [0.3, 0.4) is 0 Å². The molecule has 0 saturated heterocycles. The number of benzene rings is 1. The molecule has 0 fully saturated rings. The smallest absolute Gasteiger partial charge is 0.321 e. The first-order valence-electron chi connectivity index (χ1n) is 10.7. The van der Waals surface area contributed by atoms with E-state index in [4.69, 9.17) is 4.52 Å². The Balaban J connectivity index is 2.48.